The van der Waals surface area contributed by atoms with Crippen LogP contribution in [0.5, 0.6) is 5.75 Å². The molecule has 0 amide bonds. The maximum absolute atomic E-state index is 13.3. The highest BCUT2D eigenvalue weighted by Gasteiger charge is 2.15. The van der Waals surface area contributed by atoms with E-state index in [0.717, 1.165) is 0 Å². The predicted molar refractivity (Wildman–Crippen MR) is 50.7 cm³/mol. The third-order valence-corrected chi connectivity index (χ3v) is 2.25. The fourth-order valence-electron chi connectivity index (χ4n) is 1.01. The molecule has 0 atom stereocenters. The van der Waals surface area contributed by atoms with Crippen LogP contribution in [0.15, 0.2) is 16.6 Å². The molecule has 70 valence electrons. The topological polar surface area (TPSA) is 26.3 Å². The van der Waals surface area contributed by atoms with Crippen molar-refractivity contribution in [2.24, 2.45) is 0 Å². The van der Waals surface area contributed by atoms with E-state index in [1.807, 2.05) is 0 Å². The van der Waals surface area contributed by atoms with Gasteiger partial charge in [-0.2, -0.15) is 0 Å². The van der Waals surface area contributed by atoms with Gasteiger partial charge in [0.25, 0.3) is 0 Å². The first kappa shape index (κ1) is 10.2. The second-order valence-corrected chi connectivity index (χ2v) is 3.35. The van der Waals surface area contributed by atoms with Gasteiger partial charge in [0.2, 0.25) is 0 Å². The van der Waals surface area contributed by atoms with Crippen LogP contribution in [0.4, 0.5) is 4.39 Å². The van der Waals surface area contributed by atoms with E-state index < -0.39 is 5.82 Å². The standard InChI is InChI=1S/C9H8BrFO2/c1-5(12)6-3-4-7(10)8(11)9(6)13-2/h3-4H,1-2H3. The summed E-state index contributed by atoms with van der Waals surface area (Å²) in [5, 5.41) is 0. The van der Waals surface area contributed by atoms with Gasteiger partial charge in [0.15, 0.2) is 17.3 Å². The average molecular weight is 247 g/mol. The molecule has 0 spiro atoms. The molecule has 0 N–H and O–H groups in total. The SMILES string of the molecule is COc1c(C(C)=O)ccc(Br)c1F. The van der Waals surface area contributed by atoms with Gasteiger partial charge in [-0.25, -0.2) is 4.39 Å². The molecule has 0 saturated heterocycles. The molecule has 0 aliphatic carbocycles. The summed E-state index contributed by atoms with van der Waals surface area (Å²) in [5.41, 5.74) is 0.253. The Kier molecular flexibility index (Phi) is 3.03. The summed E-state index contributed by atoms with van der Waals surface area (Å²) in [6, 6.07) is 3.00. The van der Waals surface area contributed by atoms with Gasteiger partial charge in [-0.05, 0) is 35.0 Å². The minimum absolute atomic E-state index is 0.0122. The molecule has 13 heavy (non-hydrogen) atoms. The van der Waals surface area contributed by atoms with Gasteiger partial charge in [-0.1, -0.05) is 0 Å². The lowest BCUT2D eigenvalue weighted by Crippen LogP contribution is -2.00. The highest BCUT2D eigenvalue weighted by molar-refractivity contribution is 9.10. The van der Waals surface area contributed by atoms with Gasteiger partial charge in [-0.3, -0.25) is 4.79 Å². The molecule has 0 aliphatic heterocycles. The predicted octanol–water partition coefficient (Wildman–Crippen LogP) is 2.80. The smallest absolute Gasteiger partial charge is 0.179 e. The van der Waals surface area contributed by atoms with Gasteiger partial charge < -0.3 is 4.74 Å². The molecule has 0 aliphatic rings. The Morgan fingerprint density at radius 2 is 2.15 bits per heavy atom. The Labute approximate surface area is 83.8 Å². The van der Waals surface area contributed by atoms with Crippen molar-refractivity contribution in [1.82, 2.24) is 0 Å². The Morgan fingerprint density at radius 1 is 1.54 bits per heavy atom. The van der Waals surface area contributed by atoms with Crippen LogP contribution in [-0.4, -0.2) is 12.9 Å². The first-order valence-corrected chi connectivity index (χ1v) is 4.40. The third kappa shape index (κ3) is 1.88. The Bertz CT molecular complexity index is 350. The first-order chi connectivity index (χ1) is 6.07. The van der Waals surface area contributed by atoms with E-state index in [2.05, 4.69) is 15.9 Å². The molecule has 1 rings (SSSR count). The molecular formula is C9H8BrFO2. The molecule has 0 heterocycles. The van der Waals surface area contributed by atoms with E-state index >= 15 is 0 Å². The fourth-order valence-corrected chi connectivity index (χ4v) is 1.32. The van der Waals surface area contributed by atoms with Crippen LogP contribution < -0.4 is 4.74 Å². The third-order valence-electron chi connectivity index (χ3n) is 1.63. The molecule has 0 bridgehead atoms. The number of ether oxygens (including phenoxy) is 1. The Morgan fingerprint density at radius 3 is 2.62 bits per heavy atom. The van der Waals surface area contributed by atoms with Crippen LogP contribution in [-0.2, 0) is 0 Å². The lowest BCUT2D eigenvalue weighted by molar-refractivity contribution is 0.101. The lowest BCUT2D eigenvalue weighted by atomic mass is 10.1. The molecule has 1 aromatic carbocycles. The number of carbonyl (C=O) groups is 1. The molecular weight excluding hydrogens is 239 g/mol. The molecule has 0 unspecified atom stereocenters. The Hall–Kier alpha value is -0.900. The minimum atomic E-state index is -0.546. The minimum Gasteiger partial charge on any atom is -0.493 e. The number of methoxy groups -OCH3 is 1. The highest BCUT2D eigenvalue weighted by atomic mass is 79.9. The Balaban J connectivity index is 3.38. The summed E-state index contributed by atoms with van der Waals surface area (Å²) in [7, 11) is 1.33. The zero-order chi connectivity index (χ0) is 10.0. The monoisotopic (exact) mass is 246 g/mol. The average Bonchev–Trinajstić information content (AvgIpc) is 2.09. The first-order valence-electron chi connectivity index (χ1n) is 3.61. The number of hydrogen-bond donors (Lipinski definition) is 0. The second kappa shape index (κ2) is 3.87. The number of Topliss-reactive ketones (excluding diaryl/α,β-unsaturated/α-hetero) is 1. The second-order valence-electron chi connectivity index (χ2n) is 2.50. The van der Waals surface area contributed by atoms with Crippen molar-refractivity contribution >= 4 is 21.7 Å². The van der Waals surface area contributed by atoms with Crippen molar-refractivity contribution < 1.29 is 13.9 Å². The van der Waals surface area contributed by atoms with Crippen molar-refractivity contribution in [3.63, 3.8) is 0 Å². The summed E-state index contributed by atoms with van der Waals surface area (Å²) in [5.74, 6) is -0.777. The molecule has 0 aromatic heterocycles. The number of ketones is 1. The largest absolute Gasteiger partial charge is 0.493 e. The fraction of sp³-hybridized carbons (Fsp3) is 0.222. The number of benzene rings is 1. The van der Waals surface area contributed by atoms with E-state index in [9.17, 15) is 9.18 Å². The van der Waals surface area contributed by atoms with Crippen molar-refractivity contribution in [3.8, 4) is 5.75 Å². The zero-order valence-electron chi connectivity index (χ0n) is 7.23. The van der Waals surface area contributed by atoms with Gasteiger partial charge in [0.1, 0.15) is 0 Å². The molecule has 0 radical (unpaired) electrons. The van der Waals surface area contributed by atoms with Crippen molar-refractivity contribution in [2.45, 2.75) is 6.92 Å². The lowest BCUT2D eigenvalue weighted by Gasteiger charge is -2.07. The van der Waals surface area contributed by atoms with Crippen molar-refractivity contribution in [2.75, 3.05) is 7.11 Å². The van der Waals surface area contributed by atoms with E-state index in [1.165, 1.54) is 26.2 Å². The number of hydrogen-bond acceptors (Lipinski definition) is 2. The maximum Gasteiger partial charge on any atom is 0.179 e. The normalized spacial score (nSPS) is 9.85. The van der Waals surface area contributed by atoms with Gasteiger partial charge >= 0.3 is 0 Å². The van der Waals surface area contributed by atoms with E-state index in [0.29, 0.717) is 0 Å². The highest BCUT2D eigenvalue weighted by Crippen LogP contribution is 2.28. The number of rotatable bonds is 2. The molecule has 2 nitrogen and oxygen atoms in total. The summed E-state index contributed by atoms with van der Waals surface area (Å²) in [6.45, 7) is 1.37. The summed E-state index contributed by atoms with van der Waals surface area (Å²) in [4.78, 5) is 11.0. The molecule has 0 saturated carbocycles. The quantitative estimate of drug-likeness (QED) is 0.751. The van der Waals surface area contributed by atoms with Crippen LogP contribution in [0, 0.1) is 5.82 Å². The van der Waals surface area contributed by atoms with Crippen LogP contribution >= 0.6 is 15.9 Å². The van der Waals surface area contributed by atoms with Crippen molar-refractivity contribution in [1.29, 1.82) is 0 Å². The zero-order valence-corrected chi connectivity index (χ0v) is 8.81. The molecule has 0 fully saturated rings. The maximum atomic E-state index is 13.3. The van der Waals surface area contributed by atoms with E-state index in [1.54, 1.807) is 0 Å². The van der Waals surface area contributed by atoms with Crippen LogP contribution in [0.1, 0.15) is 17.3 Å². The van der Waals surface area contributed by atoms with Gasteiger partial charge in [0, 0.05) is 0 Å². The van der Waals surface area contributed by atoms with Gasteiger partial charge in [0.05, 0.1) is 17.1 Å². The number of halogens is 2. The molecule has 4 heteroatoms. The number of carbonyl (C=O) groups excluding carboxylic acids is 1. The molecule has 1 aromatic rings. The summed E-state index contributed by atoms with van der Waals surface area (Å²) < 4.78 is 18.4. The van der Waals surface area contributed by atoms with Crippen LogP contribution in [0.25, 0.3) is 0 Å². The van der Waals surface area contributed by atoms with E-state index in [-0.39, 0.29) is 21.6 Å². The summed E-state index contributed by atoms with van der Waals surface area (Å²) >= 11 is 3.00. The van der Waals surface area contributed by atoms with E-state index in [4.69, 9.17) is 4.74 Å². The summed E-state index contributed by atoms with van der Waals surface area (Å²) in [6.07, 6.45) is 0. The van der Waals surface area contributed by atoms with Crippen molar-refractivity contribution in [3.05, 3.63) is 28.0 Å². The van der Waals surface area contributed by atoms with Gasteiger partial charge in [-0.15, -0.1) is 0 Å². The van der Waals surface area contributed by atoms with Crippen LogP contribution in [0.3, 0.4) is 0 Å². The van der Waals surface area contributed by atoms with Crippen LogP contribution in [0.2, 0.25) is 0 Å².